The first-order chi connectivity index (χ1) is 8.06. The molecule has 1 unspecified atom stereocenters. The van der Waals surface area contributed by atoms with E-state index in [4.69, 9.17) is 0 Å². The lowest BCUT2D eigenvalue weighted by Crippen LogP contribution is -2.07. The maximum absolute atomic E-state index is 4.48. The topological polar surface area (TPSA) is 29.9 Å². The Morgan fingerprint density at radius 3 is 2.71 bits per heavy atom. The first-order valence-corrected chi connectivity index (χ1v) is 7.29. The van der Waals surface area contributed by atoms with E-state index in [0.29, 0.717) is 6.04 Å². The maximum Gasteiger partial charge on any atom is 0.148 e. The molecule has 0 radical (unpaired) electrons. The minimum Gasteiger partial charge on any atom is -0.361 e. The summed E-state index contributed by atoms with van der Waals surface area (Å²) in [7, 11) is 0. The quantitative estimate of drug-likeness (QED) is 0.903. The number of nitrogens with one attached hydrogen (secondary N) is 1. The van der Waals surface area contributed by atoms with Crippen LogP contribution >= 0.6 is 27.3 Å². The Balaban J connectivity index is 2.05. The van der Waals surface area contributed by atoms with Crippen LogP contribution in [0.15, 0.2) is 28.2 Å². The Hall–Kier alpha value is -0.810. The van der Waals surface area contributed by atoms with E-state index in [9.17, 15) is 0 Å². The monoisotopic (exact) mass is 313 g/mol. The summed E-state index contributed by atoms with van der Waals surface area (Å²) in [6, 6.07) is 4.83. The Morgan fingerprint density at radius 1 is 1.41 bits per heavy atom. The number of anilines is 1. The summed E-state index contributed by atoms with van der Waals surface area (Å²) in [4.78, 5) is 1.30. The van der Waals surface area contributed by atoms with Crippen LogP contribution in [0.25, 0.3) is 0 Å². The fourth-order valence-corrected chi connectivity index (χ4v) is 3.00. The molecular weight excluding hydrogens is 298 g/mol. The summed E-state index contributed by atoms with van der Waals surface area (Å²) in [6.07, 6.45) is 2.00. The zero-order valence-corrected chi connectivity index (χ0v) is 12.5. The van der Waals surface area contributed by atoms with Gasteiger partial charge in [-0.25, -0.2) is 0 Å². The van der Waals surface area contributed by atoms with Crippen molar-refractivity contribution >= 4 is 33.1 Å². The highest BCUT2D eigenvalue weighted by Gasteiger charge is 2.09. The smallest absolute Gasteiger partial charge is 0.148 e. The predicted molar refractivity (Wildman–Crippen MR) is 76.7 cm³/mol. The molecule has 0 aliphatic carbocycles. The molecular formula is C12H16BrN3S. The lowest BCUT2D eigenvalue weighted by Gasteiger charge is -2.11. The number of thiophene rings is 1. The van der Waals surface area contributed by atoms with Gasteiger partial charge in [0.15, 0.2) is 0 Å². The van der Waals surface area contributed by atoms with Crippen molar-refractivity contribution in [3.8, 4) is 0 Å². The summed E-state index contributed by atoms with van der Waals surface area (Å²) < 4.78 is 3.10. The van der Waals surface area contributed by atoms with Gasteiger partial charge in [0.25, 0.3) is 0 Å². The van der Waals surface area contributed by atoms with Gasteiger partial charge in [0, 0.05) is 33.0 Å². The summed E-state index contributed by atoms with van der Waals surface area (Å²) in [5.74, 6) is 0.927. The van der Waals surface area contributed by atoms with Crippen molar-refractivity contribution in [1.82, 2.24) is 9.78 Å². The maximum atomic E-state index is 4.48. The molecule has 92 valence electrons. The van der Waals surface area contributed by atoms with Crippen molar-refractivity contribution in [2.75, 3.05) is 5.32 Å². The molecule has 0 amide bonds. The summed E-state index contributed by atoms with van der Waals surface area (Å²) >= 11 is 5.22. The molecule has 0 saturated heterocycles. The minimum atomic E-state index is 0.279. The van der Waals surface area contributed by atoms with Gasteiger partial charge in [0.2, 0.25) is 0 Å². The van der Waals surface area contributed by atoms with Gasteiger partial charge < -0.3 is 5.32 Å². The first-order valence-electron chi connectivity index (χ1n) is 5.62. The number of nitrogens with zero attached hydrogens (tertiary/aromatic N) is 2. The van der Waals surface area contributed by atoms with Crippen LogP contribution in [0, 0.1) is 0 Å². The van der Waals surface area contributed by atoms with Crippen LogP contribution in [0.2, 0.25) is 0 Å². The average molecular weight is 314 g/mol. The molecule has 0 fully saturated rings. The predicted octanol–water partition coefficient (Wildman–Crippen LogP) is 4.46. The second-order valence-corrected chi connectivity index (χ2v) is 6.17. The molecule has 2 aromatic rings. The normalized spacial score (nSPS) is 13.0. The third-order valence-corrected chi connectivity index (χ3v) is 4.39. The molecule has 5 heteroatoms. The second kappa shape index (κ2) is 5.23. The lowest BCUT2D eigenvalue weighted by atomic mass is 10.3. The first kappa shape index (κ1) is 12.6. The van der Waals surface area contributed by atoms with Crippen LogP contribution in [-0.4, -0.2) is 9.78 Å². The van der Waals surface area contributed by atoms with Crippen LogP contribution in [-0.2, 0) is 0 Å². The molecule has 0 aromatic carbocycles. The highest BCUT2D eigenvalue weighted by molar-refractivity contribution is 9.10. The standard InChI is InChI=1S/C12H16BrN3S/c1-8(2)16-5-4-12(15-16)14-9(3)11-6-10(13)7-17-11/h4-9H,1-3H3,(H,14,15). The Bertz CT molecular complexity index is 489. The van der Waals surface area contributed by atoms with Crippen molar-refractivity contribution in [1.29, 1.82) is 0 Å². The fraction of sp³-hybridized carbons (Fsp3) is 0.417. The summed E-state index contributed by atoms with van der Waals surface area (Å²) in [5, 5.41) is 9.98. The van der Waals surface area contributed by atoms with Gasteiger partial charge in [0.05, 0.1) is 6.04 Å². The van der Waals surface area contributed by atoms with Crippen molar-refractivity contribution in [3.05, 3.63) is 33.1 Å². The SMILES string of the molecule is CC(Nc1ccn(C(C)C)n1)c1cc(Br)cs1. The van der Waals surface area contributed by atoms with Gasteiger partial charge in [-0.15, -0.1) is 11.3 Å². The highest BCUT2D eigenvalue weighted by atomic mass is 79.9. The number of aromatic nitrogens is 2. The number of hydrogen-bond acceptors (Lipinski definition) is 3. The van der Waals surface area contributed by atoms with Crippen molar-refractivity contribution < 1.29 is 0 Å². The molecule has 0 bridgehead atoms. The van der Waals surface area contributed by atoms with E-state index in [0.717, 1.165) is 10.3 Å². The molecule has 17 heavy (non-hydrogen) atoms. The average Bonchev–Trinajstić information content (AvgIpc) is 2.86. The number of halogens is 1. The Morgan fingerprint density at radius 2 is 2.18 bits per heavy atom. The molecule has 0 aliphatic heterocycles. The van der Waals surface area contributed by atoms with Gasteiger partial charge in [-0.05, 0) is 42.8 Å². The van der Waals surface area contributed by atoms with Crippen molar-refractivity contribution in [3.63, 3.8) is 0 Å². The van der Waals surface area contributed by atoms with Crippen molar-refractivity contribution in [2.24, 2.45) is 0 Å². The van der Waals surface area contributed by atoms with Gasteiger partial charge in [-0.2, -0.15) is 5.10 Å². The van der Waals surface area contributed by atoms with E-state index >= 15 is 0 Å². The molecule has 2 rings (SSSR count). The molecule has 1 atom stereocenters. The van der Waals surface area contributed by atoms with E-state index in [1.807, 2.05) is 16.9 Å². The number of rotatable bonds is 4. The second-order valence-electron chi connectivity index (χ2n) is 4.31. The largest absolute Gasteiger partial charge is 0.361 e. The molecule has 0 aliphatic rings. The fourth-order valence-electron chi connectivity index (χ4n) is 1.55. The van der Waals surface area contributed by atoms with Gasteiger partial charge in [0.1, 0.15) is 5.82 Å². The van der Waals surface area contributed by atoms with Crippen LogP contribution in [0.4, 0.5) is 5.82 Å². The number of hydrogen-bond donors (Lipinski definition) is 1. The van der Waals surface area contributed by atoms with Crippen LogP contribution < -0.4 is 5.32 Å². The third kappa shape index (κ3) is 3.10. The van der Waals surface area contributed by atoms with E-state index in [2.05, 4.69) is 58.6 Å². The van der Waals surface area contributed by atoms with Gasteiger partial charge in [-0.3, -0.25) is 4.68 Å². The highest BCUT2D eigenvalue weighted by Crippen LogP contribution is 2.27. The molecule has 2 aromatic heterocycles. The molecule has 0 spiro atoms. The molecule has 1 N–H and O–H groups in total. The van der Waals surface area contributed by atoms with Crippen LogP contribution in [0.1, 0.15) is 37.7 Å². The molecule has 2 heterocycles. The zero-order chi connectivity index (χ0) is 12.4. The lowest BCUT2D eigenvalue weighted by molar-refractivity contribution is 0.533. The van der Waals surface area contributed by atoms with E-state index < -0.39 is 0 Å². The summed E-state index contributed by atoms with van der Waals surface area (Å²) in [6.45, 7) is 6.39. The zero-order valence-electron chi connectivity index (χ0n) is 10.1. The van der Waals surface area contributed by atoms with E-state index in [1.165, 1.54) is 4.88 Å². The van der Waals surface area contributed by atoms with Gasteiger partial charge >= 0.3 is 0 Å². The molecule has 3 nitrogen and oxygen atoms in total. The van der Waals surface area contributed by atoms with E-state index in [-0.39, 0.29) is 6.04 Å². The molecule has 0 saturated carbocycles. The Labute approximate surface area is 114 Å². The van der Waals surface area contributed by atoms with E-state index in [1.54, 1.807) is 11.3 Å². The third-order valence-electron chi connectivity index (χ3n) is 2.52. The minimum absolute atomic E-state index is 0.279. The van der Waals surface area contributed by atoms with Gasteiger partial charge in [-0.1, -0.05) is 0 Å². The van der Waals surface area contributed by atoms with Crippen LogP contribution in [0.3, 0.4) is 0 Å². The summed E-state index contributed by atoms with van der Waals surface area (Å²) in [5.41, 5.74) is 0. The van der Waals surface area contributed by atoms with Crippen molar-refractivity contribution in [2.45, 2.75) is 32.9 Å². The van der Waals surface area contributed by atoms with Crippen LogP contribution in [0.5, 0.6) is 0 Å². The Kier molecular flexibility index (Phi) is 3.89.